The molecule has 3 unspecified atom stereocenters. The Hall–Kier alpha value is -1.42. The molecule has 0 bridgehead atoms. The van der Waals surface area contributed by atoms with E-state index < -0.39 is 0 Å². The van der Waals surface area contributed by atoms with Crippen LogP contribution in [0.4, 0.5) is 5.82 Å². The van der Waals surface area contributed by atoms with Crippen LogP contribution in [0.5, 0.6) is 0 Å². The molecule has 1 aromatic heterocycles. The normalized spacial score (nSPS) is 28.9. The maximum atomic E-state index is 12.8. The summed E-state index contributed by atoms with van der Waals surface area (Å²) in [5.74, 6) is 1.19. The van der Waals surface area contributed by atoms with Crippen molar-refractivity contribution in [3.8, 4) is 0 Å². The van der Waals surface area contributed by atoms with Gasteiger partial charge in [0, 0.05) is 25.2 Å². The summed E-state index contributed by atoms with van der Waals surface area (Å²) >= 11 is 0. The summed E-state index contributed by atoms with van der Waals surface area (Å²) in [6.45, 7) is 6.47. The number of carbonyl (C=O) groups excluding carboxylic acids is 1. The third kappa shape index (κ3) is 2.57. The zero-order valence-electron chi connectivity index (χ0n) is 12.8. The van der Waals surface area contributed by atoms with E-state index in [9.17, 15) is 4.79 Å². The SMILES string of the molecule is CC1C(N)CCC(C(=O)N(C)c2ccccn2)C1(C)C. The van der Waals surface area contributed by atoms with Crippen LogP contribution in [-0.4, -0.2) is 24.0 Å². The number of anilines is 1. The highest BCUT2D eigenvalue weighted by atomic mass is 16.2. The maximum absolute atomic E-state index is 12.8. The van der Waals surface area contributed by atoms with Crippen LogP contribution in [0.2, 0.25) is 0 Å². The molecular weight excluding hydrogens is 250 g/mol. The molecule has 0 aliphatic heterocycles. The lowest BCUT2D eigenvalue weighted by molar-refractivity contribution is -0.129. The second-order valence-electron chi connectivity index (χ2n) is 6.49. The van der Waals surface area contributed by atoms with Gasteiger partial charge in [0.15, 0.2) is 0 Å². The second-order valence-corrected chi connectivity index (χ2v) is 6.49. The number of rotatable bonds is 2. The molecule has 2 N–H and O–H groups in total. The molecule has 1 fully saturated rings. The zero-order valence-corrected chi connectivity index (χ0v) is 12.8. The molecule has 1 saturated carbocycles. The summed E-state index contributed by atoms with van der Waals surface area (Å²) in [7, 11) is 1.81. The number of amides is 1. The third-order valence-electron chi connectivity index (χ3n) is 5.12. The van der Waals surface area contributed by atoms with Crippen molar-refractivity contribution < 1.29 is 4.79 Å². The summed E-state index contributed by atoms with van der Waals surface area (Å²) in [4.78, 5) is 18.7. The highest BCUT2D eigenvalue weighted by molar-refractivity contribution is 5.94. The van der Waals surface area contributed by atoms with E-state index in [4.69, 9.17) is 5.73 Å². The Morgan fingerprint density at radius 3 is 2.70 bits per heavy atom. The fraction of sp³-hybridized carbons (Fsp3) is 0.625. The topological polar surface area (TPSA) is 59.2 Å². The largest absolute Gasteiger partial charge is 0.327 e. The van der Waals surface area contributed by atoms with E-state index in [1.807, 2.05) is 18.2 Å². The molecule has 110 valence electrons. The zero-order chi connectivity index (χ0) is 14.9. The summed E-state index contributed by atoms with van der Waals surface area (Å²) < 4.78 is 0. The van der Waals surface area contributed by atoms with Crippen molar-refractivity contribution in [3.63, 3.8) is 0 Å². The predicted molar refractivity (Wildman–Crippen MR) is 81.3 cm³/mol. The van der Waals surface area contributed by atoms with E-state index in [1.165, 1.54) is 0 Å². The Bertz CT molecular complexity index is 472. The van der Waals surface area contributed by atoms with Crippen LogP contribution in [-0.2, 0) is 4.79 Å². The van der Waals surface area contributed by atoms with Crippen molar-refractivity contribution >= 4 is 11.7 Å². The molecule has 2 rings (SSSR count). The standard InChI is InChI=1S/C16H25N3O/c1-11-13(17)9-8-12(16(11,2)3)15(20)19(4)14-7-5-6-10-18-14/h5-7,10-13H,8-9,17H2,1-4H3. The molecule has 3 atom stereocenters. The van der Waals surface area contributed by atoms with Gasteiger partial charge in [0.05, 0.1) is 0 Å². The van der Waals surface area contributed by atoms with Crippen LogP contribution in [0.25, 0.3) is 0 Å². The van der Waals surface area contributed by atoms with Gasteiger partial charge in [0.1, 0.15) is 5.82 Å². The number of nitrogens with zero attached hydrogens (tertiary/aromatic N) is 2. The first kappa shape index (κ1) is 15.0. The Labute approximate surface area is 121 Å². The van der Waals surface area contributed by atoms with Gasteiger partial charge in [-0.1, -0.05) is 26.8 Å². The number of hydrogen-bond acceptors (Lipinski definition) is 3. The number of hydrogen-bond donors (Lipinski definition) is 1. The van der Waals surface area contributed by atoms with Gasteiger partial charge in [0.2, 0.25) is 5.91 Å². The summed E-state index contributed by atoms with van der Waals surface area (Å²) in [5.41, 5.74) is 6.08. The fourth-order valence-electron chi connectivity index (χ4n) is 3.19. The molecule has 0 aromatic carbocycles. The Balaban J connectivity index is 2.21. The summed E-state index contributed by atoms with van der Waals surface area (Å²) in [6.07, 6.45) is 3.48. The lowest BCUT2D eigenvalue weighted by atomic mass is 9.61. The molecule has 0 radical (unpaired) electrons. The van der Waals surface area contributed by atoms with Gasteiger partial charge >= 0.3 is 0 Å². The average molecular weight is 275 g/mol. The molecule has 0 saturated heterocycles. The predicted octanol–water partition coefficient (Wildman–Crippen LogP) is 2.44. The van der Waals surface area contributed by atoms with E-state index in [-0.39, 0.29) is 23.3 Å². The smallest absolute Gasteiger partial charge is 0.231 e. The molecule has 1 amide bonds. The Morgan fingerprint density at radius 1 is 1.40 bits per heavy atom. The van der Waals surface area contributed by atoms with Gasteiger partial charge in [-0.05, 0) is 36.3 Å². The third-order valence-corrected chi connectivity index (χ3v) is 5.12. The maximum Gasteiger partial charge on any atom is 0.231 e. The second kappa shape index (κ2) is 5.52. The van der Waals surface area contributed by atoms with Gasteiger partial charge in [-0.3, -0.25) is 9.69 Å². The van der Waals surface area contributed by atoms with Gasteiger partial charge in [0.25, 0.3) is 0 Å². The highest BCUT2D eigenvalue weighted by Gasteiger charge is 2.46. The van der Waals surface area contributed by atoms with Crippen LogP contribution < -0.4 is 10.6 Å². The number of pyridine rings is 1. The van der Waals surface area contributed by atoms with E-state index in [0.29, 0.717) is 11.7 Å². The molecule has 20 heavy (non-hydrogen) atoms. The summed E-state index contributed by atoms with van der Waals surface area (Å²) in [6, 6.07) is 5.81. The highest BCUT2D eigenvalue weighted by Crippen LogP contribution is 2.45. The molecular formula is C16H25N3O. The van der Waals surface area contributed by atoms with Crippen LogP contribution in [0.3, 0.4) is 0 Å². The van der Waals surface area contributed by atoms with Crippen LogP contribution >= 0.6 is 0 Å². The molecule has 4 nitrogen and oxygen atoms in total. The van der Waals surface area contributed by atoms with Crippen molar-refractivity contribution in [2.75, 3.05) is 11.9 Å². The van der Waals surface area contributed by atoms with Gasteiger partial charge in [-0.2, -0.15) is 0 Å². The Kier molecular flexibility index (Phi) is 4.14. The van der Waals surface area contributed by atoms with Gasteiger partial charge < -0.3 is 5.73 Å². The minimum Gasteiger partial charge on any atom is -0.327 e. The molecule has 0 spiro atoms. The van der Waals surface area contributed by atoms with E-state index in [2.05, 4.69) is 25.8 Å². The minimum absolute atomic E-state index is 0.00399. The first-order valence-corrected chi connectivity index (χ1v) is 7.30. The van der Waals surface area contributed by atoms with Crippen molar-refractivity contribution in [3.05, 3.63) is 24.4 Å². The molecule has 1 aliphatic carbocycles. The molecule has 1 heterocycles. The number of nitrogens with two attached hydrogens (primary N) is 1. The van der Waals surface area contributed by atoms with Gasteiger partial charge in [-0.15, -0.1) is 0 Å². The van der Waals surface area contributed by atoms with Crippen LogP contribution in [0.15, 0.2) is 24.4 Å². The first-order valence-electron chi connectivity index (χ1n) is 7.30. The lowest BCUT2D eigenvalue weighted by Crippen LogP contribution is -2.52. The van der Waals surface area contributed by atoms with Crippen LogP contribution in [0, 0.1) is 17.3 Å². The number of carbonyl (C=O) groups is 1. The van der Waals surface area contributed by atoms with Crippen LogP contribution in [0.1, 0.15) is 33.6 Å². The van der Waals surface area contributed by atoms with Gasteiger partial charge in [-0.25, -0.2) is 4.98 Å². The molecule has 1 aromatic rings. The monoisotopic (exact) mass is 275 g/mol. The molecule has 4 heteroatoms. The average Bonchev–Trinajstić information content (AvgIpc) is 2.44. The van der Waals surface area contributed by atoms with Crippen molar-refractivity contribution in [1.82, 2.24) is 4.98 Å². The van der Waals surface area contributed by atoms with E-state index >= 15 is 0 Å². The minimum atomic E-state index is -0.0855. The van der Waals surface area contributed by atoms with Crippen molar-refractivity contribution in [2.45, 2.75) is 39.7 Å². The number of aromatic nitrogens is 1. The summed E-state index contributed by atoms with van der Waals surface area (Å²) in [5, 5.41) is 0. The van der Waals surface area contributed by atoms with Crippen molar-refractivity contribution in [2.24, 2.45) is 23.0 Å². The first-order chi connectivity index (χ1) is 9.35. The molecule has 1 aliphatic rings. The van der Waals surface area contributed by atoms with E-state index in [1.54, 1.807) is 18.1 Å². The van der Waals surface area contributed by atoms with Crippen molar-refractivity contribution in [1.29, 1.82) is 0 Å². The fourth-order valence-corrected chi connectivity index (χ4v) is 3.19. The lowest BCUT2D eigenvalue weighted by Gasteiger charge is -2.46. The van der Waals surface area contributed by atoms with E-state index in [0.717, 1.165) is 12.8 Å². The quantitative estimate of drug-likeness (QED) is 0.902. The Morgan fingerprint density at radius 2 is 2.10 bits per heavy atom.